The first-order valence-electron chi connectivity index (χ1n) is 8.78. The van der Waals surface area contributed by atoms with Crippen molar-refractivity contribution in [3.05, 3.63) is 91.0 Å². The van der Waals surface area contributed by atoms with Gasteiger partial charge in [0.2, 0.25) is 0 Å². The molecule has 4 aromatic rings. The van der Waals surface area contributed by atoms with Gasteiger partial charge in [-0.15, -0.1) is 0 Å². The van der Waals surface area contributed by atoms with Crippen LogP contribution in [0.3, 0.4) is 0 Å². The van der Waals surface area contributed by atoms with Crippen LogP contribution in [0, 0.1) is 0 Å². The van der Waals surface area contributed by atoms with Crippen molar-refractivity contribution in [3.8, 4) is 11.3 Å². The number of carbonyl (C=O) groups is 1. The molecule has 0 aliphatic carbocycles. The van der Waals surface area contributed by atoms with Gasteiger partial charge in [0.25, 0.3) is 0 Å². The normalized spacial score (nSPS) is 10.3. The van der Waals surface area contributed by atoms with E-state index >= 15 is 0 Å². The van der Waals surface area contributed by atoms with E-state index in [0.717, 1.165) is 16.9 Å². The van der Waals surface area contributed by atoms with Crippen molar-refractivity contribution >= 4 is 28.9 Å². The Bertz CT molecular complexity index is 1040. The minimum Gasteiger partial charge on any atom is -0.356 e. The quantitative estimate of drug-likeness (QED) is 0.419. The second-order valence-electron chi connectivity index (χ2n) is 6.09. The summed E-state index contributed by atoms with van der Waals surface area (Å²) in [5, 5.41) is 12.6. The maximum Gasteiger partial charge on any atom is 0.324 e. The molecule has 0 saturated carbocycles. The predicted octanol–water partition coefficient (Wildman–Crippen LogP) is 5.73. The molecular formula is C22H18N4O2. The van der Waals surface area contributed by atoms with E-state index in [1.54, 1.807) is 6.07 Å². The number of amides is 2. The predicted molar refractivity (Wildman–Crippen MR) is 111 cm³/mol. The summed E-state index contributed by atoms with van der Waals surface area (Å²) in [7, 11) is 0. The van der Waals surface area contributed by atoms with Gasteiger partial charge in [0.15, 0.2) is 11.6 Å². The van der Waals surface area contributed by atoms with Crippen LogP contribution in [-0.2, 0) is 0 Å². The van der Waals surface area contributed by atoms with Gasteiger partial charge in [-0.25, -0.2) is 4.79 Å². The third-order valence-electron chi connectivity index (χ3n) is 4.02. The van der Waals surface area contributed by atoms with Gasteiger partial charge in [0.1, 0.15) is 0 Å². The molecule has 0 unspecified atom stereocenters. The summed E-state index contributed by atoms with van der Waals surface area (Å²) in [6.07, 6.45) is 0. The average Bonchev–Trinajstić information content (AvgIpc) is 3.19. The van der Waals surface area contributed by atoms with Crippen LogP contribution in [0.5, 0.6) is 0 Å². The van der Waals surface area contributed by atoms with Crippen molar-refractivity contribution in [2.24, 2.45) is 0 Å². The van der Waals surface area contributed by atoms with Crippen LogP contribution < -0.4 is 16.0 Å². The van der Waals surface area contributed by atoms with Gasteiger partial charge in [0, 0.05) is 28.7 Å². The molecule has 0 spiro atoms. The van der Waals surface area contributed by atoms with Crippen molar-refractivity contribution in [2.45, 2.75) is 0 Å². The van der Waals surface area contributed by atoms with Crippen molar-refractivity contribution in [1.82, 2.24) is 5.16 Å². The molecule has 0 saturated heterocycles. The summed E-state index contributed by atoms with van der Waals surface area (Å²) in [4.78, 5) is 12.2. The van der Waals surface area contributed by atoms with Gasteiger partial charge in [-0.05, 0) is 36.4 Å². The van der Waals surface area contributed by atoms with E-state index < -0.39 is 6.03 Å². The van der Waals surface area contributed by atoms with Crippen LogP contribution in [0.2, 0.25) is 0 Å². The number of rotatable bonds is 5. The lowest BCUT2D eigenvalue weighted by molar-refractivity contribution is 0.262. The highest BCUT2D eigenvalue weighted by atomic mass is 16.5. The SMILES string of the molecule is O=C(Nc1ccc(Nc2ccccc2)cc1)Nc1cc(-c2ccccc2)on1. The molecule has 0 aliphatic heterocycles. The van der Waals surface area contributed by atoms with Crippen molar-refractivity contribution in [3.63, 3.8) is 0 Å². The number of nitrogens with zero attached hydrogens (tertiary/aromatic N) is 1. The molecule has 0 fully saturated rings. The Balaban J connectivity index is 1.34. The number of aromatic nitrogens is 1. The van der Waals surface area contributed by atoms with Crippen molar-refractivity contribution in [2.75, 3.05) is 16.0 Å². The Morgan fingerprint density at radius 1 is 0.714 bits per heavy atom. The Hall–Kier alpha value is -4.06. The number of anilines is 4. The molecule has 3 N–H and O–H groups in total. The summed E-state index contributed by atoms with van der Waals surface area (Å²) < 4.78 is 5.27. The standard InChI is InChI=1S/C22H18N4O2/c27-22(25-21-15-20(28-26-21)16-7-3-1-4-8-16)24-19-13-11-18(12-14-19)23-17-9-5-2-6-10-17/h1-15,23H,(H2,24,25,26,27). The van der Waals surface area contributed by atoms with Gasteiger partial charge < -0.3 is 15.2 Å². The lowest BCUT2D eigenvalue weighted by Crippen LogP contribution is -2.19. The lowest BCUT2D eigenvalue weighted by atomic mass is 10.2. The molecule has 0 radical (unpaired) electrons. The Morgan fingerprint density at radius 3 is 2.04 bits per heavy atom. The smallest absolute Gasteiger partial charge is 0.324 e. The maximum absolute atomic E-state index is 12.2. The van der Waals surface area contributed by atoms with Crippen LogP contribution in [0.15, 0.2) is 95.5 Å². The van der Waals surface area contributed by atoms with E-state index in [4.69, 9.17) is 4.52 Å². The first kappa shape index (κ1) is 17.4. The Morgan fingerprint density at radius 2 is 1.32 bits per heavy atom. The Kier molecular flexibility index (Phi) is 5.02. The highest BCUT2D eigenvalue weighted by Crippen LogP contribution is 2.22. The average molecular weight is 370 g/mol. The molecule has 28 heavy (non-hydrogen) atoms. The molecular weight excluding hydrogens is 352 g/mol. The fourth-order valence-electron chi connectivity index (χ4n) is 2.68. The molecule has 6 heteroatoms. The number of benzene rings is 3. The van der Waals surface area contributed by atoms with Gasteiger partial charge in [-0.2, -0.15) is 0 Å². The fourth-order valence-corrected chi connectivity index (χ4v) is 2.68. The minimum atomic E-state index is -0.392. The molecule has 4 rings (SSSR count). The van der Waals surface area contributed by atoms with Gasteiger partial charge in [-0.1, -0.05) is 53.7 Å². The summed E-state index contributed by atoms with van der Waals surface area (Å²) in [5.41, 5.74) is 3.50. The zero-order valence-electron chi connectivity index (χ0n) is 14.9. The van der Waals surface area contributed by atoms with Crippen LogP contribution in [0.1, 0.15) is 0 Å². The summed E-state index contributed by atoms with van der Waals surface area (Å²) in [6, 6.07) is 28.2. The van der Waals surface area contributed by atoms with E-state index in [1.807, 2.05) is 84.9 Å². The van der Waals surface area contributed by atoms with Crippen molar-refractivity contribution in [1.29, 1.82) is 0 Å². The summed E-state index contributed by atoms with van der Waals surface area (Å²) in [6.45, 7) is 0. The molecule has 0 atom stereocenters. The molecule has 6 nitrogen and oxygen atoms in total. The molecule has 0 bridgehead atoms. The van der Waals surface area contributed by atoms with E-state index in [2.05, 4.69) is 21.1 Å². The van der Waals surface area contributed by atoms with Crippen LogP contribution in [0.4, 0.5) is 27.7 Å². The topological polar surface area (TPSA) is 79.2 Å². The zero-order chi connectivity index (χ0) is 19.2. The van der Waals surface area contributed by atoms with Crippen LogP contribution in [0.25, 0.3) is 11.3 Å². The zero-order valence-corrected chi connectivity index (χ0v) is 14.9. The second-order valence-corrected chi connectivity index (χ2v) is 6.09. The summed E-state index contributed by atoms with van der Waals surface area (Å²) in [5.74, 6) is 0.936. The van der Waals surface area contributed by atoms with E-state index in [1.165, 1.54) is 0 Å². The molecule has 0 aliphatic rings. The third kappa shape index (κ3) is 4.37. The lowest BCUT2D eigenvalue weighted by Gasteiger charge is -2.08. The number of hydrogen-bond donors (Lipinski definition) is 3. The highest BCUT2D eigenvalue weighted by molar-refractivity contribution is 5.99. The largest absolute Gasteiger partial charge is 0.356 e. The molecule has 1 aromatic heterocycles. The first-order chi connectivity index (χ1) is 13.8. The van der Waals surface area contributed by atoms with E-state index in [-0.39, 0.29) is 0 Å². The van der Waals surface area contributed by atoms with E-state index in [9.17, 15) is 4.79 Å². The third-order valence-corrected chi connectivity index (χ3v) is 4.02. The molecule has 3 aromatic carbocycles. The second kappa shape index (κ2) is 8.09. The number of hydrogen-bond acceptors (Lipinski definition) is 4. The Labute approximate surface area is 162 Å². The van der Waals surface area contributed by atoms with Crippen LogP contribution >= 0.6 is 0 Å². The fraction of sp³-hybridized carbons (Fsp3) is 0. The number of carbonyl (C=O) groups excluding carboxylic acids is 1. The highest BCUT2D eigenvalue weighted by Gasteiger charge is 2.09. The monoisotopic (exact) mass is 370 g/mol. The van der Waals surface area contributed by atoms with Gasteiger partial charge in [-0.3, -0.25) is 5.32 Å². The number of urea groups is 1. The van der Waals surface area contributed by atoms with E-state index in [0.29, 0.717) is 17.3 Å². The molecule has 2 amide bonds. The van der Waals surface area contributed by atoms with Gasteiger partial charge in [0.05, 0.1) is 0 Å². The molecule has 1 heterocycles. The first-order valence-corrected chi connectivity index (χ1v) is 8.78. The van der Waals surface area contributed by atoms with Crippen LogP contribution in [-0.4, -0.2) is 11.2 Å². The summed E-state index contributed by atoms with van der Waals surface area (Å²) >= 11 is 0. The van der Waals surface area contributed by atoms with Crippen molar-refractivity contribution < 1.29 is 9.32 Å². The van der Waals surface area contributed by atoms with Gasteiger partial charge >= 0.3 is 6.03 Å². The molecule has 138 valence electrons. The maximum atomic E-state index is 12.2. The number of nitrogens with one attached hydrogen (secondary N) is 3. The number of para-hydroxylation sites is 1. The minimum absolute atomic E-state index is 0.346.